The number of nitrogens with two attached hydrogens (primary N) is 1. The van der Waals surface area contributed by atoms with Gasteiger partial charge in [-0.05, 0) is 30.5 Å². The first-order valence-corrected chi connectivity index (χ1v) is 13.5. The molecule has 4 amide bonds. The van der Waals surface area contributed by atoms with E-state index in [4.69, 9.17) is 5.73 Å². The van der Waals surface area contributed by atoms with E-state index in [9.17, 15) is 44.4 Å². The maximum atomic E-state index is 13.5. The summed E-state index contributed by atoms with van der Waals surface area (Å²) in [5, 5.41) is 47.6. The molecule has 0 aliphatic carbocycles. The zero-order valence-corrected chi connectivity index (χ0v) is 24.0. The Morgan fingerprint density at radius 2 is 1.42 bits per heavy atom. The van der Waals surface area contributed by atoms with Crippen LogP contribution in [0.3, 0.4) is 0 Å². The number of phenolic OH excluding ortho intramolecular Hbond substituents is 1. The number of nitrogens with one attached hydrogen (secondary N) is 5. The fraction of sp³-hybridized carbons (Fsp3) is 0.481. The number of phenols is 1. The second kappa shape index (κ2) is 16.2. The summed E-state index contributed by atoms with van der Waals surface area (Å²) >= 11 is 0. The maximum Gasteiger partial charge on any atom is 0.328 e. The number of imidazole rings is 1. The lowest BCUT2D eigenvalue weighted by Gasteiger charge is -2.28. The zero-order chi connectivity index (χ0) is 32.3. The molecule has 16 nitrogen and oxygen atoms in total. The molecule has 6 atom stereocenters. The second-order valence-electron chi connectivity index (χ2n) is 10.4. The number of rotatable bonds is 16. The normalized spacial score (nSPS) is 15.3. The van der Waals surface area contributed by atoms with E-state index in [0.717, 1.165) is 0 Å². The van der Waals surface area contributed by atoms with Crippen molar-refractivity contribution in [3.63, 3.8) is 0 Å². The van der Waals surface area contributed by atoms with Crippen molar-refractivity contribution in [1.29, 1.82) is 0 Å². The van der Waals surface area contributed by atoms with Crippen LogP contribution in [-0.2, 0) is 36.8 Å². The number of aromatic nitrogens is 2. The lowest BCUT2D eigenvalue weighted by Crippen LogP contribution is -2.60. The molecule has 43 heavy (non-hydrogen) atoms. The van der Waals surface area contributed by atoms with E-state index in [1.54, 1.807) is 13.8 Å². The monoisotopic (exact) mass is 605 g/mol. The number of aliphatic hydroxyl groups is 2. The van der Waals surface area contributed by atoms with E-state index in [1.807, 2.05) is 0 Å². The van der Waals surface area contributed by atoms with Crippen molar-refractivity contribution in [3.05, 3.63) is 48.0 Å². The van der Waals surface area contributed by atoms with Crippen LogP contribution in [0.1, 0.15) is 32.0 Å². The van der Waals surface area contributed by atoms with Gasteiger partial charge in [-0.2, -0.15) is 0 Å². The van der Waals surface area contributed by atoms with E-state index < -0.39 is 78.4 Å². The number of amides is 4. The number of H-pyrrole nitrogens is 1. The molecule has 0 saturated carbocycles. The molecule has 0 unspecified atom stereocenters. The van der Waals surface area contributed by atoms with Gasteiger partial charge in [0.25, 0.3) is 0 Å². The van der Waals surface area contributed by atoms with Crippen LogP contribution in [0.2, 0.25) is 0 Å². The Kier molecular flexibility index (Phi) is 13.0. The van der Waals surface area contributed by atoms with Crippen LogP contribution in [0.4, 0.5) is 0 Å². The molecule has 0 bridgehead atoms. The number of benzene rings is 1. The first-order valence-electron chi connectivity index (χ1n) is 13.5. The Balaban J connectivity index is 2.35. The number of hydrogen-bond donors (Lipinski definition) is 10. The third-order valence-corrected chi connectivity index (χ3v) is 6.49. The van der Waals surface area contributed by atoms with E-state index >= 15 is 0 Å². The highest BCUT2D eigenvalue weighted by Crippen LogP contribution is 2.13. The number of carboxylic acid groups (broad SMARTS) is 1. The predicted molar refractivity (Wildman–Crippen MR) is 151 cm³/mol. The topological polar surface area (TPSA) is 269 Å². The van der Waals surface area contributed by atoms with Crippen LogP contribution in [0, 0.1) is 5.92 Å². The number of hydrogen-bond acceptors (Lipinski definition) is 10. The molecule has 0 saturated heterocycles. The van der Waals surface area contributed by atoms with E-state index in [0.29, 0.717) is 11.3 Å². The molecule has 2 rings (SSSR count). The van der Waals surface area contributed by atoms with Gasteiger partial charge >= 0.3 is 5.97 Å². The number of carbonyl (C=O) groups is 5. The number of aromatic hydroxyl groups is 1. The van der Waals surface area contributed by atoms with Gasteiger partial charge in [0.15, 0.2) is 0 Å². The number of nitrogens with zero attached hydrogens (tertiary/aromatic N) is 1. The Morgan fingerprint density at radius 1 is 0.860 bits per heavy atom. The molecule has 0 aliphatic rings. The van der Waals surface area contributed by atoms with Crippen molar-refractivity contribution >= 4 is 29.6 Å². The number of aromatic amines is 1. The number of aliphatic carboxylic acids is 1. The third kappa shape index (κ3) is 10.7. The van der Waals surface area contributed by atoms with E-state index in [-0.39, 0.29) is 18.6 Å². The predicted octanol–water partition coefficient (Wildman–Crippen LogP) is -2.72. The third-order valence-electron chi connectivity index (χ3n) is 6.49. The average Bonchev–Trinajstić information content (AvgIpc) is 3.46. The standard InChI is InChI=1S/C27H39N7O9/c1-13(2)22(26(41)33-20(11-35)27(42)43)34-24(39)18(8-15-4-6-17(37)7-5-15)31-23(38)19(9-16-10-29-12-30-16)32-25(40)21(28)14(3)36/h4-7,10,12-14,18-22,35-37H,8-9,11,28H2,1-3H3,(H,29,30)(H,31,38)(H,32,40)(H,33,41)(H,34,39)(H,42,43)/t14-,18+,19+,20+,21+,22+/m1/s1. The molecular formula is C27H39N7O9. The van der Waals surface area contributed by atoms with Gasteiger partial charge in [0.1, 0.15) is 36.0 Å². The highest BCUT2D eigenvalue weighted by atomic mass is 16.4. The molecule has 236 valence electrons. The molecule has 11 N–H and O–H groups in total. The molecule has 0 radical (unpaired) electrons. The molecule has 1 heterocycles. The quantitative estimate of drug-likeness (QED) is 0.0939. The summed E-state index contributed by atoms with van der Waals surface area (Å²) in [6, 6.07) is -0.942. The number of aliphatic hydroxyl groups excluding tert-OH is 2. The number of carboxylic acids is 1. The van der Waals surface area contributed by atoms with Gasteiger partial charge in [-0.3, -0.25) is 19.2 Å². The fourth-order valence-electron chi connectivity index (χ4n) is 3.90. The Bertz CT molecular complexity index is 1240. The second-order valence-corrected chi connectivity index (χ2v) is 10.4. The average molecular weight is 606 g/mol. The smallest absolute Gasteiger partial charge is 0.328 e. The van der Waals surface area contributed by atoms with Crippen molar-refractivity contribution in [2.24, 2.45) is 11.7 Å². The lowest BCUT2D eigenvalue weighted by atomic mass is 10.00. The van der Waals surface area contributed by atoms with Gasteiger partial charge in [-0.1, -0.05) is 26.0 Å². The molecule has 0 aliphatic heterocycles. The SMILES string of the molecule is CC(C)[C@H](NC(=O)[C@H](Cc1ccc(O)cc1)NC(=O)[C@H](Cc1cnc[nH]1)NC(=O)[C@@H](N)[C@@H](C)O)C(=O)N[C@@H](CO)C(=O)O. The van der Waals surface area contributed by atoms with Gasteiger partial charge in [-0.15, -0.1) is 0 Å². The number of carbonyl (C=O) groups excluding carboxylic acids is 4. The lowest BCUT2D eigenvalue weighted by molar-refractivity contribution is -0.143. The van der Waals surface area contributed by atoms with Gasteiger partial charge in [0.05, 0.1) is 19.0 Å². The minimum Gasteiger partial charge on any atom is -0.508 e. The summed E-state index contributed by atoms with van der Waals surface area (Å²) in [6.45, 7) is 3.65. The zero-order valence-electron chi connectivity index (χ0n) is 24.0. The molecule has 0 spiro atoms. The van der Waals surface area contributed by atoms with Crippen molar-refractivity contribution in [2.75, 3.05) is 6.61 Å². The summed E-state index contributed by atoms with van der Waals surface area (Å²) in [5.74, 6) is -5.31. The van der Waals surface area contributed by atoms with Crippen molar-refractivity contribution in [3.8, 4) is 5.75 Å². The summed E-state index contributed by atoms with van der Waals surface area (Å²) in [5.41, 5.74) is 6.73. The minimum absolute atomic E-state index is 0.0287. The summed E-state index contributed by atoms with van der Waals surface area (Å²) in [4.78, 5) is 70.5. The van der Waals surface area contributed by atoms with Gasteiger partial charge in [-0.25, -0.2) is 9.78 Å². The first kappa shape index (κ1) is 34.7. The first-order chi connectivity index (χ1) is 20.2. The van der Waals surface area contributed by atoms with Crippen molar-refractivity contribution < 1.29 is 44.4 Å². The van der Waals surface area contributed by atoms with E-state index in [2.05, 4.69) is 31.2 Å². The van der Waals surface area contributed by atoms with Gasteiger partial charge in [0.2, 0.25) is 23.6 Å². The Hall–Kier alpha value is -4.54. The molecule has 0 fully saturated rings. The highest BCUT2D eigenvalue weighted by Gasteiger charge is 2.33. The summed E-state index contributed by atoms with van der Waals surface area (Å²) in [6.07, 6.45) is 1.42. The van der Waals surface area contributed by atoms with Crippen LogP contribution >= 0.6 is 0 Å². The van der Waals surface area contributed by atoms with Crippen LogP contribution < -0.4 is 27.0 Å². The molecule has 2 aromatic rings. The minimum atomic E-state index is -1.60. The molecule has 1 aromatic carbocycles. The molecular weight excluding hydrogens is 566 g/mol. The Morgan fingerprint density at radius 3 is 1.93 bits per heavy atom. The molecule has 16 heteroatoms. The largest absolute Gasteiger partial charge is 0.508 e. The van der Waals surface area contributed by atoms with Crippen LogP contribution in [-0.4, -0.2) is 103 Å². The maximum absolute atomic E-state index is 13.5. The summed E-state index contributed by atoms with van der Waals surface area (Å²) < 4.78 is 0. The van der Waals surface area contributed by atoms with Crippen molar-refractivity contribution in [2.45, 2.75) is 69.9 Å². The van der Waals surface area contributed by atoms with Crippen molar-refractivity contribution in [1.82, 2.24) is 31.2 Å². The summed E-state index contributed by atoms with van der Waals surface area (Å²) in [7, 11) is 0. The van der Waals surface area contributed by atoms with Crippen LogP contribution in [0.5, 0.6) is 5.75 Å². The van der Waals surface area contributed by atoms with E-state index in [1.165, 1.54) is 43.7 Å². The van der Waals surface area contributed by atoms with Crippen LogP contribution in [0.15, 0.2) is 36.8 Å². The molecule has 1 aromatic heterocycles. The van der Waals surface area contributed by atoms with Gasteiger partial charge in [0, 0.05) is 24.7 Å². The van der Waals surface area contributed by atoms with Gasteiger partial charge < -0.3 is 52.4 Å². The fourth-order valence-corrected chi connectivity index (χ4v) is 3.90. The highest BCUT2D eigenvalue weighted by molar-refractivity contribution is 5.95. The van der Waals surface area contributed by atoms with Crippen LogP contribution in [0.25, 0.3) is 0 Å². The Labute approximate surface area is 247 Å².